The topological polar surface area (TPSA) is 111 Å². The number of rotatable bonds is 3. The normalized spacial score (nSPS) is 22.4. The fraction of sp³-hybridized carbons (Fsp3) is 0.417. The molecule has 3 aliphatic heterocycles. The zero-order valence-corrected chi connectivity index (χ0v) is 19.1. The van der Waals surface area contributed by atoms with E-state index >= 15 is 0 Å². The molecule has 0 saturated carbocycles. The molecule has 2 aromatic rings. The first-order valence-electron chi connectivity index (χ1n) is 11.0. The van der Waals surface area contributed by atoms with Gasteiger partial charge in [0.2, 0.25) is 0 Å². The van der Waals surface area contributed by atoms with Crippen LogP contribution in [0, 0.1) is 15.5 Å². The zero-order chi connectivity index (χ0) is 24.3. The molecule has 1 atom stereocenters. The Kier molecular flexibility index (Phi) is 4.92. The number of anilines is 2. The highest BCUT2D eigenvalue weighted by atomic mass is 16.7. The van der Waals surface area contributed by atoms with Gasteiger partial charge in [-0.25, -0.2) is 0 Å². The second-order valence-electron chi connectivity index (χ2n) is 9.22. The van der Waals surface area contributed by atoms with E-state index in [1.54, 1.807) is 13.2 Å². The second-order valence-corrected chi connectivity index (χ2v) is 9.22. The Labute approximate surface area is 196 Å². The lowest BCUT2D eigenvalue weighted by Gasteiger charge is -2.55. The summed E-state index contributed by atoms with van der Waals surface area (Å²) in [6, 6.07) is 11.5. The Morgan fingerprint density at radius 2 is 1.76 bits per heavy atom. The quantitative estimate of drug-likeness (QED) is 0.291. The molecule has 0 N–H and O–H groups in total. The van der Waals surface area contributed by atoms with Crippen molar-refractivity contribution in [3.63, 3.8) is 0 Å². The first kappa shape index (κ1) is 22.0. The van der Waals surface area contributed by atoms with Crippen LogP contribution in [0.4, 0.5) is 17.1 Å². The Bertz CT molecular complexity index is 1170. The van der Waals surface area contributed by atoms with Crippen LogP contribution in [0.15, 0.2) is 42.5 Å². The largest absolute Gasteiger partial charge is 0.495 e. The van der Waals surface area contributed by atoms with Crippen molar-refractivity contribution in [2.24, 2.45) is 5.41 Å². The van der Waals surface area contributed by atoms with Gasteiger partial charge in [0.25, 0.3) is 11.5 Å². The molecule has 34 heavy (non-hydrogen) atoms. The highest BCUT2D eigenvalue weighted by molar-refractivity contribution is 6.04. The number of cyclic esters (lactones) is 2. The van der Waals surface area contributed by atoms with Crippen LogP contribution in [0.5, 0.6) is 5.75 Å². The second kappa shape index (κ2) is 7.61. The van der Waals surface area contributed by atoms with Gasteiger partial charge >= 0.3 is 11.9 Å². The predicted octanol–water partition coefficient (Wildman–Crippen LogP) is 2.68. The molecule has 3 heterocycles. The van der Waals surface area contributed by atoms with Gasteiger partial charge in [-0.15, -0.1) is 0 Å². The molecule has 10 heteroatoms. The fourth-order valence-electron chi connectivity index (χ4n) is 5.28. The van der Waals surface area contributed by atoms with E-state index in [-0.39, 0.29) is 12.1 Å². The lowest BCUT2D eigenvalue weighted by Crippen LogP contribution is -2.71. The maximum atomic E-state index is 13.5. The van der Waals surface area contributed by atoms with E-state index in [0.29, 0.717) is 30.9 Å². The van der Waals surface area contributed by atoms with Crippen molar-refractivity contribution >= 4 is 29.0 Å². The van der Waals surface area contributed by atoms with Crippen LogP contribution >= 0.6 is 0 Å². The maximum Gasteiger partial charge on any atom is 0.329 e. The molecule has 0 aromatic heterocycles. The van der Waals surface area contributed by atoms with Crippen LogP contribution in [0.3, 0.4) is 0 Å². The molecule has 3 aliphatic rings. The standard InChI is InChI=1S/C24H25N3O7/c1-23(2)33-21(28)24(22(29)34-23)13-15-12-16(27(30)31)8-9-17(15)26-11-10-25(14-20(24)26)18-6-4-5-7-19(18)32-3/h4-9,12,20H,10-11,13-14H2,1-3H3. The molecule has 178 valence electrons. The van der Waals surface area contributed by atoms with Gasteiger partial charge in [-0.1, -0.05) is 12.1 Å². The third kappa shape index (κ3) is 3.24. The number of carbonyl (C=O) groups is 2. The van der Waals surface area contributed by atoms with Crippen LogP contribution in [0.1, 0.15) is 19.4 Å². The smallest absolute Gasteiger partial charge is 0.329 e. The molecule has 2 aromatic carbocycles. The zero-order valence-electron chi connectivity index (χ0n) is 19.1. The number of nitro groups is 1. The van der Waals surface area contributed by atoms with Gasteiger partial charge in [0.1, 0.15) is 5.75 Å². The summed E-state index contributed by atoms with van der Waals surface area (Å²) in [6.45, 7) is 4.44. The van der Waals surface area contributed by atoms with E-state index in [1.807, 2.05) is 29.2 Å². The van der Waals surface area contributed by atoms with Crippen LogP contribution in [0.25, 0.3) is 0 Å². The van der Waals surface area contributed by atoms with Gasteiger partial charge in [-0.2, -0.15) is 0 Å². The SMILES string of the molecule is COc1ccccc1N1CCN2c3ccc([N+](=O)[O-])cc3CC3(C(=O)OC(C)(C)OC3=O)C2C1. The molecule has 1 unspecified atom stereocenters. The third-order valence-corrected chi connectivity index (χ3v) is 6.83. The van der Waals surface area contributed by atoms with Gasteiger partial charge in [0.05, 0.1) is 23.8 Å². The molecule has 10 nitrogen and oxygen atoms in total. The van der Waals surface area contributed by atoms with Gasteiger partial charge in [0, 0.05) is 57.7 Å². The van der Waals surface area contributed by atoms with E-state index in [2.05, 4.69) is 4.90 Å². The number of carbonyl (C=O) groups excluding carboxylic acids is 2. The lowest BCUT2D eigenvalue weighted by atomic mass is 9.69. The summed E-state index contributed by atoms with van der Waals surface area (Å²) in [5.41, 5.74) is 0.416. The third-order valence-electron chi connectivity index (χ3n) is 6.83. The van der Waals surface area contributed by atoms with E-state index in [0.717, 1.165) is 11.4 Å². The van der Waals surface area contributed by atoms with Crippen molar-refractivity contribution in [1.29, 1.82) is 0 Å². The summed E-state index contributed by atoms with van der Waals surface area (Å²) in [5, 5.41) is 11.4. The van der Waals surface area contributed by atoms with Gasteiger partial charge in [0.15, 0.2) is 5.41 Å². The molecule has 0 radical (unpaired) electrons. The molecule has 2 saturated heterocycles. The highest BCUT2D eigenvalue weighted by Crippen LogP contribution is 2.49. The number of hydrogen-bond donors (Lipinski definition) is 0. The van der Waals surface area contributed by atoms with Gasteiger partial charge in [-0.3, -0.25) is 19.7 Å². The number of ether oxygens (including phenoxy) is 3. The number of fused-ring (bicyclic) bond motifs is 4. The van der Waals surface area contributed by atoms with E-state index < -0.39 is 34.1 Å². The predicted molar refractivity (Wildman–Crippen MR) is 122 cm³/mol. The molecule has 2 fully saturated rings. The summed E-state index contributed by atoms with van der Waals surface area (Å²) in [7, 11) is 1.60. The van der Waals surface area contributed by atoms with Crippen LogP contribution in [0.2, 0.25) is 0 Å². The number of methoxy groups -OCH3 is 1. The number of benzene rings is 2. The highest BCUT2D eigenvalue weighted by Gasteiger charge is 2.65. The van der Waals surface area contributed by atoms with Crippen molar-refractivity contribution in [2.75, 3.05) is 36.5 Å². The lowest BCUT2D eigenvalue weighted by molar-refractivity contribution is -0.384. The summed E-state index contributed by atoms with van der Waals surface area (Å²) < 4.78 is 16.7. The Morgan fingerprint density at radius 1 is 1.06 bits per heavy atom. The van der Waals surface area contributed by atoms with Crippen molar-refractivity contribution in [3.8, 4) is 5.75 Å². The number of nitro benzene ring substituents is 1. The summed E-state index contributed by atoms with van der Waals surface area (Å²) >= 11 is 0. The van der Waals surface area contributed by atoms with Crippen molar-refractivity contribution in [3.05, 3.63) is 58.1 Å². The van der Waals surface area contributed by atoms with Crippen molar-refractivity contribution in [1.82, 2.24) is 0 Å². The van der Waals surface area contributed by atoms with E-state index in [1.165, 1.54) is 26.0 Å². The van der Waals surface area contributed by atoms with Crippen LogP contribution in [-0.2, 0) is 25.5 Å². The molecular formula is C24H25N3O7. The molecule has 1 spiro atoms. The molecule has 0 aliphatic carbocycles. The first-order chi connectivity index (χ1) is 16.2. The Balaban J connectivity index is 1.62. The fourth-order valence-corrected chi connectivity index (χ4v) is 5.28. The van der Waals surface area contributed by atoms with Crippen molar-refractivity contribution < 1.29 is 28.7 Å². The minimum atomic E-state index is -1.65. The average molecular weight is 467 g/mol. The van der Waals surface area contributed by atoms with Crippen LogP contribution in [-0.4, -0.2) is 55.4 Å². The minimum absolute atomic E-state index is 0.0430. The summed E-state index contributed by atoms with van der Waals surface area (Å²) in [5.74, 6) is -2.05. The number of hydrogen-bond acceptors (Lipinski definition) is 9. The summed E-state index contributed by atoms with van der Waals surface area (Å²) in [6.07, 6.45) is -0.0430. The van der Waals surface area contributed by atoms with Gasteiger partial charge in [-0.05, 0) is 23.8 Å². The monoisotopic (exact) mass is 467 g/mol. The van der Waals surface area contributed by atoms with Crippen LogP contribution < -0.4 is 14.5 Å². The molecular weight excluding hydrogens is 442 g/mol. The number of piperazine rings is 1. The van der Waals surface area contributed by atoms with E-state index in [9.17, 15) is 19.7 Å². The first-order valence-corrected chi connectivity index (χ1v) is 11.0. The van der Waals surface area contributed by atoms with E-state index in [4.69, 9.17) is 14.2 Å². The maximum absolute atomic E-state index is 13.5. The Hall–Kier alpha value is -3.82. The van der Waals surface area contributed by atoms with Crippen molar-refractivity contribution in [2.45, 2.75) is 32.1 Å². The van der Waals surface area contributed by atoms with Gasteiger partial charge < -0.3 is 24.0 Å². The molecule has 0 amide bonds. The summed E-state index contributed by atoms with van der Waals surface area (Å²) in [4.78, 5) is 42.0. The minimum Gasteiger partial charge on any atom is -0.495 e. The molecule has 0 bridgehead atoms. The Morgan fingerprint density at radius 3 is 2.44 bits per heavy atom. The number of esters is 2. The number of non-ortho nitro benzene ring substituents is 1. The number of para-hydroxylation sites is 2. The molecule has 5 rings (SSSR count). The number of nitrogens with zero attached hydrogens (tertiary/aromatic N) is 3. The average Bonchev–Trinajstić information content (AvgIpc) is 2.81.